The van der Waals surface area contributed by atoms with Gasteiger partial charge in [0.15, 0.2) is 0 Å². The van der Waals surface area contributed by atoms with Crippen molar-refractivity contribution in [2.24, 2.45) is 0 Å². The normalized spacial score (nSPS) is 16.6. The van der Waals surface area contributed by atoms with Gasteiger partial charge in [0.05, 0.1) is 0 Å². The number of rotatable bonds is 3. The largest absolute Gasteiger partial charge is 0.477 e. The third-order valence-electron chi connectivity index (χ3n) is 3.53. The van der Waals surface area contributed by atoms with Crippen LogP contribution in [-0.4, -0.2) is 64.6 Å². The number of carbonyl (C=O) groups excluding carboxylic acids is 1. The molecule has 0 saturated carbocycles. The van der Waals surface area contributed by atoms with Crippen LogP contribution in [0.3, 0.4) is 0 Å². The van der Waals surface area contributed by atoms with E-state index in [1.807, 2.05) is 7.05 Å². The predicted octanol–water partition coefficient (Wildman–Crippen LogP) is 0.269. The van der Waals surface area contributed by atoms with E-state index in [0.717, 1.165) is 13.1 Å². The average molecular weight is 265 g/mol. The maximum atomic E-state index is 12.2. The van der Waals surface area contributed by atoms with Crippen molar-refractivity contribution in [2.75, 3.05) is 33.2 Å². The summed E-state index contributed by atoms with van der Waals surface area (Å²) in [5, 5.41) is 9.14. The molecule has 1 N–H and O–H groups in total. The Kier molecular flexibility index (Phi) is 3.90. The number of hydrogen-bond acceptors (Lipinski definition) is 3. The first-order valence-electron chi connectivity index (χ1n) is 6.34. The van der Waals surface area contributed by atoms with Gasteiger partial charge in [0.25, 0.3) is 0 Å². The first-order valence-corrected chi connectivity index (χ1v) is 6.34. The number of likely N-dealkylation sites (N-methyl/N-ethyl adjacent to an activating group) is 1. The molecule has 1 aliphatic rings. The van der Waals surface area contributed by atoms with Crippen LogP contribution in [0.5, 0.6) is 0 Å². The first kappa shape index (κ1) is 13.6. The lowest BCUT2D eigenvalue weighted by atomic mass is 10.2. The molecular formula is C13H19N3O3. The smallest absolute Gasteiger partial charge is 0.352 e. The third-order valence-corrected chi connectivity index (χ3v) is 3.53. The van der Waals surface area contributed by atoms with Gasteiger partial charge in [-0.15, -0.1) is 0 Å². The van der Waals surface area contributed by atoms with Crippen molar-refractivity contribution < 1.29 is 14.7 Å². The molecule has 1 aliphatic heterocycles. The zero-order valence-electron chi connectivity index (χ0n) is 11.3. The minimum atomic E-state index is -0.992. The van der Waals surface area contributed by atoms with Crippen molar-refractivity contribution in [1.82, 2.24) is 14.4 Å². The Hall–Kier alpha value is -1.82. The van der Waals surface area contributed by atoms with Crippen molar-refractivity contribution in [1.29, 1.82) is 0 Å². The molecule has 1 saturated heterocycles. The molecule has 104 valence electrons. The number of carboxylic acids is 1. The molecule has 0 bridgehead atoms. The zero-order chi connectivity index (χ0) is 14.0. The van der Waals surface area contributed by atoms with E-state index in [0.29, 0.717) is 18.7 Å². The summed E-state index contributed by atoms with van der Waals surface area (Å²) in [7, 11) is 2.03. The second-order valence-corrected chi connectivity index (χ2v) is 4.96. The molecule has 6 heteroatoms. The number of aryl methyl sites for hydroxylation is 1. The molecule has 19 heavy (non-hydrogen) atoms. The minimum Gasteiger partial charge on any atom is -0.477 e. The van der Waals surface area contributed by atoms with E-state index in [-0.39, 0.29) is 18.1 Å². The maximum Gasteiger partial charge on any atom is 0.352 e. The van der Waals surface area contributed by atoms with E-state index in [1.165, 1.54) is 4.57 Å². The SMILES string of the molecule is Cc1ccn(CC(=O)N2CCN(C)CC2)c1C(=O)O. The topological polar surface area (TPSA) is 65.8 Å². The lowest BCUT2D eigenvalue weighted by molar-refractivity contribution is -0.133. The zero-order valence-corrected chi connectivity index (χ0v) is 11.3. The average Bonchev–Trinajstić information content (AvgIpc) is 2.71. The Balaban J connectivity index is 2.05. The highest BCUT2D eigenvalue weighted by Crippen LogP contribution is 2.11. The van der Waals surface area contributed by atoms with E-state index < -0.39 is 5.97 Å². The monoisotopic (exact) mass is 265 g/mol. The number of piperazine rings is 1. The van der Waals surface area contributed by atoms with Crippen LogP contribution in [0.2, 0.25) is 0 Å². The number of nitrogens with zero attached hydrogens (tertiary/aromatic N) is 3. The van der Waals surface area contributed by atoms with Crippen molar-refractivity contribution in [2.45, 2.75) is 13.5 Å². The number of carbonyl (C=O) groups is 2. The number of amides is 1. The van der Waals surface area contributed by atoms with Crippen molar-refractivity contribution in [3.05, 3.63) is 23.5 Å². The molecule has 0 radical (unpaired) electrons. The molecule has 2 heterocycles. The molecule has 1 amide bonds. The van der Waals surface area contributed by atoms with Crippen molar-refractivity contribution in [3.63, 3.8) is 0 Å². The Bertz CT molecular complexity index is 487. The van der Waals surface area contributed by atoms with Gasteiger partial charge in [-0.05, 0) is 25.6 Å². The summed E-state index contributed by atoms with van der Waals surface area (Å²) in [5.41, 5.74) is 0.876. The van der Waals surface area contributed by atoms with E-state index in [9.17, 15) is 9.59 Å². The lowest BCUT2D eigenvalue weighted by Crippen LogP contribution is -2.48. The molecule has 0 aromatic carbocycles. The summed E-state index contributed by atoms with van der Waals surface area (Å²) in [5.74, 6) is -1.01. The molecule has 0 spiro atoms. The van der Waals surface area contributed by atoms with Gasteiger partial charge < -0.3 is 19.5 Å². The van der Waals surface area contributed by atoms with E-state index in [2.05, 4.69) is 4.90 Å². The molecule has 1 fully saturated rings. The summed E-state index contributed by atoms with van der Waals surface area (Å²) in [6, 6.07) is 1.72. The van der Waals surface area contributed by atoms with Crippen LogP contribution < -0.4 is 0 Å². The summed E-state index contributed by atoms with van der Waals surface area (Å²) in [4.78, 5) is 27.3. The summed E-state index contributed by atoms with van der Waals surface area (Å²) >= 11 is 0. The Labute approximate surface area is 112 Å². The predicted molar refractivity (Wildman–Crippen MR) is 70.2 cm³/mol. The number of aromatic nitrogens is 1. The fourth-order valence-electron chi connectivity index (χ4n) is 2.31. The number of hydrogen-bond donors (Lipinski definition) is 1. The van der Waals surface area contributed by atoms with Gasteiger partial charge in [-0.25, -0.2) is 4.79 Å². The molecule has 6 nitrogen and oxygen atoms in total. The van der Waals surface area contributed by atoms with Gasteiger partial charge >= 0.3 is 5.97 Å². The van der Waals surface area contributed by atoms with Crippen LogP contribution in [0.25, 0.3) is 0 Å². The van der Waals surface area contributed by atoms with Crippen molar-refractivity contribution >= 4 is 11.9 Å². The highest BCUT2D eigenvalue weighted by atomic mass is 16.4. The van der Waals surface area contributed by atoms with E-state index in [1.54, 1.807) is 24.1 Å². The fraction of sp³-hybridized carbons (Fsp3) is 0.538. The number of aromatic carboxylic acids is 1. The molecule has 0 unspecified atom stereocenters. The standard InChI is InChI=1S/C13H19N3O3/c1-10-3-4-16(12(10)13(18)19)9-11(17)15-7-5-14(2)6-8-15/h3-4H,5-9H2,1-2H3,(H,18,19). The number of carboxylic acid groups (broad SMARTS) is 1. The Morgan fingerprint density at radius 1 is 1.26 bits per heavy atom. The maximum absolute atomic E-state index is 12.2. The highest BCUT2D eigenvalue weighted by molar-refractivity contribution is 5.88. The second-order valence-electron chi connectivity index (χ2n) is 4.96. The molecule has 2 rings (SSSR count). The van der Waals surface area contributed by atoms with Gasteiger partial charge in [0.1, 0.15) is 12.2 Å². The molecular weight excluding hydrogens is 246 g/mol. The van der Waals surface area contributed by atoms with Crippen LogP contribution in [0.4, 0.5) is 0 Å². The molecule has 1 aromatic rings. The van der Waals surface area contributed by atoms with Crippen LogP contribution >= 0.6 is 0 Å². The van der Waals surface area contributed by atoms with Crippen LogP contribution in [0, 0.1) is 6.92 Å². The van der Waals surface area contributed by atoms with Gasteiger partial charge in [-0.1, -0.05) is 0 Å². The van der Waals surface area contributed by atoms with Gasteiger partial charge in [-0.2, -0.15) is 0 Å². The quantitative estimate of drug-likeness (QED) is 0.852. The lowest BCUT2D eigenvalue weighted by Gasteiger charge is -2.32. The molecule has 1 aromatic heterocycles. The van der Waals surface area contributed by atoms with E-state index in [4.69, 9.17) is 5.11 Å². The van der Waals surface area contributed by atoms with Crippen LogP contribution in [0.15, 0.2) is 12.3 Å². The summed E-state index contributed by atoms with van der Waals surface area (Å²) < 4.78 is 1.51. The van der Waals surface area contributed by atoms with Gasteiger partial charge in [0.2, 0.25) is 5.91 Å². The molecule has 0 atom stereocenters. The van der Waals surface area contributed by atoms with Gasteiger partial charge in [-0.3, -0.25) is 4.79 Å². The second kappa shape index (κ2) is 5.44. The summed E-state index contributed by atoms with van der Waals surface area (Å²) in [6.07, 6.45) is 1.66. The van der Waals surface area contributed by atoms with Crippen LogP contribution in [-0.2, 0) is 11.3 Å². The first-order chi connectivity index (χ1) is 8.99. The van der Waals surface area contributed by atoms with Gasteiger partial charge in [0, 0.05) is 32.4 Å². The minimum absolute atomic E-state index is 0.0220. The fourth-order valence-corrected chi connectivity index (χ4v) is 2.31. The summed E-state index contributed by atoms with van der Waals surface area (Å²) in [6.45, 7) is 4.97. The Morgan fingerprint density at radius 2 is 1.89 bits per heavy atom. The Morgan fingerprint density at radius 3 is 2.47 bits per heavy atom. The van der Waals surface area contributed by atoms with Crippen molar-refractivity contribution in [3.8, 4) is 0 Å². The van der Waals surface area contributed by atoms with E-state index >= 15 is 0 Å². The highest BCUT2D eigenvalue weighted by Gasteiger charge is 2.21. The molecule has 0 aliphatic carbocycles. The van der Waals surface area contributed by atoms with Crippen LogP contribution in [0.1, 0.15) is 16.1 Å². The third kappa shape index (κ3) is 2.96.